The van der Waals surface area contributed by atoms with Crippen molar-refractivity contribution in [2.24, 2.45) is 5.10 Å². The molecule has 170 valence electrons. The van der Waals surface area contributed by atoms with Crippen LogP contribution in [0.15, 0.2) is 39.9 Å². The Labute approximate surface area is 193 Å². The third-order valence-corrected chi connectivity index (χ3v) is 4.28. The molecule has 0 bridgehead atoms. The predicted molar refractivity (Wildman–Crippen MR) is 119 cm³/mol. The Morgan fingerprint density at radius 1 is 0.969 bits per heavy atom. The first kappa shape index (κ1) is 24.9. The molecule has 0 atom stereocenters. The largest absolute Gasteiger partial charge is 0.458 e. The standard InChI is InChI=1S/C20H21Cl2N5O5/c1-20(2,3)26-18(30)19(31)27-24-10-13-6-5-12(32-13)9-23-16(28)17(29)25-11-4-7-14(21)15(22)8-11/h4-8,10H,9H2,1-3H3,(H,23,28)(H,25,29)(H,26,30)(H,27,31)/b24-10+. The lowest BCUT2D eigenvalue weighted by Crippen LogP contribution is -2.47. The summed E-state index contributed by atoms with van der Waals surface area (Å²) in [5, 5.41) is 11.5. The molecule has 12 heteroatoms. The molecule has 2 aromatic rings. The number of hydrogen-bond donors (Lipinski definition) is 4. The number of anilines is 1. The van der Waals surface area contributed by atoms with E-state index in [1.165, 1.54) is 30.5 Å². The average Bonchev–Trinajstić information content (AvgIpc) is 3.15. The number of halogens is 2. The first-order chi connectivity index (χ1) is 14.9. The molecule has 32 heavy (non-hydrogen) atoms. The Hall–Kier alpha value is -3.37. The smallest absolute Gasteiger partial charge is 0.329 e. The minimum Gasteiger partial charge on any atom is -0.458 e. The maximum atomic E-state index is 12.0. The normalized spacial score (nSPS) is 11.2. The molecule has 0 fully saturated rings. The Morgan fingerprint density at radius 2 is 1.69 bits per heavy atom. The number of nitrogens with one attached hydrogen (secondary N) is 4. The van der Waals surface area contributed by atoms with Gasteiger partial charge in [0.1, 0.15) is 11.5 Å². The van der Waals surface area contributed by atoms with Crippen molar-refractivity contribution in [2.75, 3.05) is 5.32 Å². The van der Waals surface area contributed by atoms with Crippen LogP contribution in [0.1, 0.15) is 32.3 Å². The van der Waals surface area contributed by atoms with E-state index in [-0.39, 0.29) is 17.3 Å². The number of carbonyl (C=O) groups excluding carboxylic acids is 4. The lowest BCUT2D eigenvalue weighted by Gasteiger charge is -2.19. The van der Waals surface area contributed by atoms with Crippen LogP contribution in [0.5, 0.6) is 0 Å². The highest BCUT2D eigenvalue weighted by molar-refractivity contribution is 6.43. The number of benzene rings is 1. The van der Waals surface area contributed by atoms with Gasteiger partial charge in [0.15, 0.2) is 0 Å². The average molecular weight is 482 g/mol. The van der Waals surface area contributed by atoms with E-state index in [1.54, 1.807) is 26.8 Å². The van der Waals surface area contributed by atoms with Gasteiger partial charge in [0.05, 0.1) is 22.8 Å². The molecule has 0 aliphatic carbocycles. The van der Waals surface area contributed by atoms with Crippen LogP contribution in [0.4, 0.5) is 5.69 Å². The predicted octanol–water partition coefficient (Wildman–Crippen LogP) is 2.21. The van der Waals surface area contributed by atoms with Gasteiger partial charge >= 0.3 is 23.6 Å². The third-order valence-electron chi connectivity index (χ3n) is 3.54. The summed E-state index contributed by atoms with van der Waals surface area (Å²) in [5.74, 6) is -2.95. The number of hydrogen-bond acceptors (Lipinski definition) is 6. The Kier molecular flexibility index (Phi) is 8.39. The van der Waals surface area contributed by atoms with Gasteiger partial charge < -0.3 is 20.4 Å². The Balaban J connectivity index is 1.81. The molecule has 0 spiro atoms. The van der Waals surface area contributed by atoms with E-state index in [2.05, 4.69) is 26.5 Å². The summed E-state index contributed by atoms with van der Waals surface area (Å²) in [6.45, 7) is 5.15. The monoisotopic (exact) mass is 481 g/mol. The SMILES string of the molecule is CC(C)(C)NC(=O)C(=O)N/N=C/c1ccc(CNC(=O)C(=O)Nc2ccc(Cl)c(Cl)c2)o1. The second-order valence-corrected chi connectivity index (χ2v) is 8.29. The van der Waals surface area contributed by atoms with Gasteiger partial charge in [0, 0.05) is 11.2 Å². The molecule has 1 heterocycles. The molecule has 0 aliphatic heterocycles. The lowest BCUT2D eigenvalue weighted by molar-refractivity contribution is -0.140. The van der Waals surface area contributed by atoms with Gasteiger partial charge in [-0.05, 0) is 51.1 Å². The highest BCUT2D eigenvalue weighted by Crippen LogP contribution is 2.24. The van der Waals surface area contributed by atoms with Crippen LogP contribution in [-0.2, 0) is 25.7 Å². The van der Waals surface area contributed by atoms with Crippen molar-refractivity contribution in [3.63, 3.8) is 0 Å². The molecular formula is C20H21Cl2N5O5. The van der Waals surface area contributed by atoms with E-state index < -0.39 is 29.2 Å². The number of amides is 4. The number of carbonyl (C=O) groups is 4. The molecule has 4 amide bonds. The second kappa shape index (κ2) is 10.8. The zero-order chi connectivity index (χ0) is 23.9. The first-order valence-electron chi connectivity index (χ1n) is 9.23. The highest BCUT2D eigenvalue weighted by Gasteiger charge is 2.19. The van der Waals surface area contributed by atoms with E-state index in [0.717, 1.165) is 0 Å². The molecule has 0 saturated heterocycles. The van der Waals surface area contributed by atoms with Crippen molar-refractivity contribution in [3.8, 4) is 0 Å². The molecule has 0 saturated carbocycles. The van der Waals surface area contributed by atoms with E-state index >= 15 is 0 Å². The van der Waals surface area contributed by atoms with Crippen molar-refractivity contribution in [3.05, 3.63) is 51.9 Å². The number of nitrogens with zero attached hydrogens (tertiary/aromatic N) is 1. The van der Waals surface area contributed by atoms with Crippen molar-refractivity contribution in [2.45, 2.75) is 32.9 Å². The van der Waals surface area contributed by atoms with Crippen LogP contribution in [-0.4, -0.2) is 35.4 Å². The molecule has 0 aliphatic rings. The fraction of sp³-hybridized carbons (Fsp3) is 0.250. The summed E-state index contributed by atoms with van der Waals surface area (Å²) in [7, 11) is 0. The van der Waals surface area contributed by atoms with Gasteiger partial charge in [-0.15, -0.1) is 0 Å². The molecule has 0 radical (unpaired) electrons. The van der Waals surface area contributed by atoms with E-state index in [1.807, 2.05) is 0 Å². The van der Waals surface area contributed by atoms with Crippen LogP contribution in [0.3, 0.4) is 0 Å². The summed E-state index contributed by atoms with van der Waals surface area (Å²) in [6, 6.07) is 7.49. The van der Waals surface area contributed by atoms with Crippen LogP contribution >= 0.6 is 23.2 Å². The Bertz CT molecular complexity index is 1060. The van der Waals surface area contributed by atoms with Gasteiger partial charge in [-0.25, -0.2) is 5.43 Å². The van der Waals surface area contributed by atoms with Crippen molar-refractivity contribution in [1.82, 2.24) is 16.1 Å². The van der Waals surface area contributed by atoms with Crippen LogP contribution in [0.25, 0.3) is 0 Å². The fourth-order valence-corrected chi connectivity index (χ4v) is 2.47. The summed E-state index contributed by atoms with van der Waals surface area (Å²) < 4.78 is 5.40. The quantitative estimate of drug-likeness (QED) is 0.294. The van der Waals surface area contributed by atoms with Crippen LogP contribution in [0.2, 0.25) is 10.0 Å². The molecule has 1 aromatic carbocycles. The number of furan rings is 1. The van der Waals surface area contributed by atoms with Gasteiger partial charge in [0.2, 0.25) is 0 Å². The minimum absolute atomic E-state index is 0.0676. The van der Waals surface area contributed by atoms with Gasteiger partial charge in [-0.1, -0.05) is 23.2 Å². The molecule has 2 rings (SSSR count). The molecule has 4 N–H and O–H groups in total. The van der Waals surface area contributed by atoms with Gasteiger partial charge in [0.25, 0.3) is 0 Å². The summed E-state index contributed by atoms with van der Waals surface area (Å²) in [6.07, 6.45) is 1.19. The number of rotatable bonds is 5. The van der Waals surface area contributed by atoms with E-state index in [9.17, 15) is 19.2 Å². The third kappa shape index (κ3) is 8.05. The van der Waals surface area contributed by atoms with Crippen molar-refractivity contribution in [1.29, 1.82) is 0 Å². The molecule has 1 aromatic heterocycles. The van der Waals surface area contributed by atoms with Crippen LogP contribution < -0.4 is 21.4 Å². The van der Waals surface area contributed by atoms with E-state index in [0.29, 0.717) is 16.5 Å². The maximum absolute atomic E-state index is 12.0. The highest BCUT2D eigenvalue weighted by atomic mass is 35.5. The number of hydrazone groups is 1. The van der Waals surface area contributed by atoms with Gasteiger partial charge in [-0.3, -0.25) is 19.2 Å². The maximum Gasteiger partial charge on any atom is 0.329 e. The second-order valence-electron chi connectivity index (χ2n) is 7.47. The summed E-state index contributed by atoms with van der Waals surface area (Å²) in [4.78, 5) is 47.2. The van der Waals surface area contributed by atoms with Crippen LogP contribution in [0, 0.1) is 0 Å². The lowest BCUT2D eigenvalue weighted by atomic mass is 10.1. The Morgan fingerprint density at radius 3 is 2.34 bits per heavy atom. The topological polar surface area (TPSA) is 142 Å². The molecular weight excluding hydrogens is 461 g/mol. The summed E-state index contributed by atoms with van der Waals surface area (Å²) >= 11 is 11.7. The van der Waals surface area contributed by atoms with Crippen molar-refractivity contribution < 1.29 is 23.6 Å². The van der Waals surface area contributed by atoms with Gasteiger partial charge in [-0.2, -0.15) is 5.10 Å². The fourth-order valence-electron chi connectivity index (χ4n) is 2.17. The van der Waals surface area contributed by atoms with Crippen molar-refractivity contribution >= 4 is 58.7 Å². The zero-order valence-electron chi connectivity index (χ0n) is 17.4. The van der Waals surface area contributed by atoms with E-state index in [4.69, 9.17) is 27.6 Å². The first-order valence-corrected chi connectivity index (χ1v) is 9.98. The molecule has 0 unspecified atom stereocenters. The molecule has 10 nitrogen and oxygen atoms in total. The zero-order valence-corrected chi connectivity index (χ0v) is 18.9. The minimum atomic E-state index is -0.928. The summed E-state index contributed by atoms with van der Waals surface area (Å²) in [5.41, 5.74) is 1.83.